The molecule has 2 aromatic carbocycles. The molecule has 0 aliphatic carbocycles. The van der Waals surface area contributed by atoms with E-state index in [0.29, 0.717) is 5.75 Å². The van der Waals surface area contributed by atoms with Crippen molar-refractivity contribution in [1.82, 2.24) is 5.32 Å². The van der Waals surface area contributed by atoms with E-state index in [1.807, 2.05) is 19.1 Å². The molecule has 2 atom stereocenters. The number of hydrogen-bond donors (Lipinski definition) is 2. The van der Waals surface area contributed by atoms with E-state index in [2.05, 4.69) is 21.2 Å². The summed E-state index contributed by atoms with van der Waals surface area (Å²) in [5.41, 5.74) is 0.254. The second-order valence-electron chi connectivity index (χ2n) is 6.43. The third kappa shape index (κ3) is 7.25. The number of rotatable bonds is 8. The maximum Gasteiger partial charge on any atom is 0.416 e. The molecule has 2 aromatic rings. The van der Waals surface area contributed by atoms with Crippen LogP contribution in [0.15, 0.2) is 46.9 Å². The first-order chi connectivity index (χ1) is 13.6. The minimum atomic E-state index is -4.42. The lowest BCUT2D eigenvalue weighted by molar-refractivity contribution is -0.137. The van der Waals surface area contributed by atoms with Gasteiger partial charge in [-0.25, -0.2) is 0 Å². The van der Waals surface area contributed by atoms with E-state index >= 15 is 0 Å². The van der Waals surface area contributed by atoms with Crippen LogP contribution in [-0.4, -0.2) is 36.4 Å². The molecule has 0 saturated carbocycles. The van der Waals surface area contributed by atoms with Crippen LogP contribution in [0.4, 0.5) is 13.2 Å². The number of amides is 1. The summed E-state index contributed by atoms with van der Waals surface area (Å²) in [6.07, 6.45) is -6.26. The number of benzene rings is 2. The molecule has 5 nitrogen and oxygen atoms in total. The Morgan fingerprint density at radius 3 is 2.45 bits per heavy atom. The first-order valence-electron chi connectivity index (χ1n) is 8.75. The lowest BCUT2D eigenvalue weighted by atomic mass is 10.2. The monoisotopic (exact) mass is 475 g/mol. The Balaban J connectivity index is 1.76. The van der Waals surface area contributed by atoms with Gasteiger partial charge in [-0.15, -0.1) is 0 Å². The van der Waals surface area contributed by atoms with Crippen molar-refractivity contribution in [3.8, 4) is 11.5 Å². The highest BCUT2D eigenvalue weighted by molar-refractivity contribution is 9.10. The maximum atomic E-state index is 12.5. The highest BCUT2D eigenvalue weighted by Crippen LogP contribution is 2.30. The normalized spacial score (nSPS) is 13.5. The van der Waals surface area contributed by atoms with E-state index in [9.17, 15) is 23.1 Å². The molecule has 0 unspecified atom stereocenters. The molecular formula is C20H21BrF3NO4. The molecule has 2 N–H and O–H groups in total. The van der Waals surface area contributed by atoms with Crippen molar-refractivity contribution >= 4 is 21.8 Å². The van der Waals surface area contributed by atoms with Crippen LogP contribution in [0.25, 0.3) is 0 Å². The fourth-order valence-electron chi connectivity index (χ4n) is 2.30. The fraction of sp³-hybridized carbons (Fsp3) is 0.350. The number of carbonyl (C=O) groups excluding carboxylic acids is 1. The van der Waals surface area contributed by atoms with Crippen molar-refractivity contribution in [2.75, 3.05) is 13.2 Å². The van der Waals surface area contributed by atoms with Gasteiger partial charge in [0, 0.05) is 6.54 Å². The average Bonchev–Trinajstić information content (AvgIpc) is 2.66. The Hall–Kier alpha value is -2.26. The van der Waals surface area contributed by atoms with E-state index < -0.39 is 29.9 Å². The van der Waals surface area contributed by atoms with Crippen molar-refractivity contribution < 1.29 is 32.5 Å². The van der Waals surface area contributed by atoms with Gasteiger partial charge in [0.2, 0.25) is 0 Å². The SMILES string of the molecule is Cc1ccc(O[C@@H](C)C(=O)NC[C@H](O)COc2ccc(C(F)(F)F)cc2)c(Br)c1. The second kappa shape index (κ2) is 9.98. The van der Waals surface area contributed by atoms with Crippen LogP contribution in [0.1, 0.15) is 18.1 Å². The lowest BCUT2D eigenvalue weighted by Crippen LogP contribution is -2.41. The molecule has 0 bridgehead atoms. The minimum absolute atomic E-state index is 0.0950. The molecule has 0 spiro atoms. The number of hydrogen-bond acceptors (Lipinski definition) is 4. The third-order valence-electron chi connectivity index (χ3n) is 3.90. The standard InChI is InChI=1S/C20H21BrF3NO4/c1-12-3-8-18(17(21)9-12)29-13(2)19(27)25-10-15(26)11-28-16-6-4-14(5-7-16)20(22,23)24/h3-9,13,15,26H,10-11H2,1-2H3,(H,25,27)/t13-,15-/m0/s1. The molecule has 9 heteroatoms. The lowest BCUT2D eigenvalue weighted by Gasteiger charge is -2.18. The van der Waals surface area contributed by atoms with Crippen LogP contribution in [-0.2, 0) is 11.0 Å². The van der Waals surface area contributed by atoms with Crippen molar-refractivity contribution in [2.24, 2.45) is 0 Å². The molecule has 158 valence electrons. The Morgan fingerprint density at radius 1 is 1.21 bits per heavy atom. The molecule has 0 fully saturated rings. The molecule has 0 heterocycles. The molecule has 0 aliphatic heterocycles. The first kappa shape index (κ1) is 23.0. The number of nitrogens with one attached hydrogen (secondary N) is 1. The van der Waals surface area contributed by atoms with Crippen molar-refractivity contribution in [3.63, 3.8) is 0 Å². The Morgan fingerprint density at radius 2 is 1.86 bits per heavy atom. The number of aliphatic hydroxyl groups excluding tert-OH is 1. The highest BCUT2D eigenvalue weighted by atomic mass is 79.9. The van der Waals surface area contributed by atoms with Crippen molar-refractivity contribution in [1.29, 1.82) is 0 Å². The van der Waals surface area contributed by atoms with Gasteiger partial charge in [-0.2, -0.15) is 13.2 Å². The van der Waals surface area contributed by atoms with Crippen LogP contribution in [0, 0.1) is 6.92 Å². The summed E-state index contributed by atoms with van der Waals surface area (Å²) in [4.78, 5) is 12.1. The van der Waals surface area contributed by atoms with Crippen LogP contribution in [0.2, 0.25) is 0 Å². The average molecular weight is 476 g/mol. The number of aryl methyl sites for hydroxylation is 1. The zero-order chi connectivity index (χ0) is 21.6. The van der Waals surface area contributed by atoms with E-state index in [0.717, 1.165) is 22.2 Å². The topological polar surface area (TPSA) is 67.8 Å². The number of aliphatic hydroxyl groups is 1. The minimum Gasteiger partial charge on any atom is -0.491 e. The zero-order valence-corrected chi connectivity index (χ0v) is 17.4. The van der Waals surface area contributed by atoms with Crippen LogP contribution >= 0.6 is 15.9 Å². The Kier molecular flexibility index (Phi) is 7.92. The van der Waals surface area contributed by atoms with E-state index in [1.54, 1.807) is 13.0 Å². The van der Waals surface area contributed by atoms with Gasteiger partial charge in [-0.1, -0.05) is 6.07 Å². The summed E-state index contributed by atoms with van der Waals surface area (Å²) in [6.45, 7) is 3.22. The van der Waals surface area contributed by atoms with Crippen molar-refractivity contribution in [2.45, 2.75) is 32.2 Å². The Bertz CT molecular complexity index is 827. The van der Waals surface area contributed by atoms with E-state index in [1.165, 1.54) is 12.1 Å². The van der Waals surface area contributed by atoms with Gasteiger partial charge in [0.25, 0.3) is 5.91 Å². The van der Waals surface area contributed by atoms with Gasteiger partial charge in [-0.05, 0) is 71.7 Å². The molecular weight excluding hydrogens is 455 g/mol. The molecule has 0 saturated heterocycles. The summed E-state index contributed by atoms with van der Waals surface area (Å²) in [5.74, 6) is 0.278. The number of halogens is 4. The van der Waals surface area contributed by atoms with Gasteiger partial charge in [0.1, 0.15) is 24.2 Å². The summed E-state index contributed by atoms with van der Waals surface area (Å²) in [5, 5.41) is 12.5. The molecule has 1 amide bonds. The van der Waals surface area contributed by atoms with Gasteiger partial charge in [-0.3, -0.25) is 4.79 Å². The molecule has 2 rings (SSSR count). The summed E-state index contributed by atoms with van der Waals surface area (Å²) < 4.78 is 49.1. The number of alkyl halides is 3. The maximum absolute atomic E-state index is 12.5. The molecule has 0 radical (unpaired) electrons. The molecule has 0 aromatic heterocycles. The molecule has 0 aliphatic rings. The van der Waals surface area contributed by atoms with Gasteiger partial charge >= 0.3 is 6.18 Å². The van der Waals surface area contributed by atoms with Gasteiger partial charge in [0.15, 0.2) is 6.10 Å². The van der Waals surface area contributed by atoms with E-state index in [4.69, 9.17) is 9.47 Å². The highest BCUT2D eigenvalue weighted by Gasteiger charge is 2.30. The predicted molar refractivity (Wildman–Crippen MR) is 105 cm³/mol. The predicted octanol–water partition coefficient (Wildman–Crippen LogP) is 4.10. The van der Waals surface area contributed by atoms with Crippen LogP contribution in [0.3, 0.4) is 0 Å². The summed E-state index contributed by atoms with van der Waals surface area (Å²) >= 11 is 3.37. The number of carbonyl (C=O) groups is 1. The zero-order valence-electron chi connectivity index (χ0n) is 15.8. The van der Waals surface area contributed by atoms with Gasteiger partial charge in [0.05, 0.1) is 10.0 Å². The van der Waals surface area contributed by atoms with E-state index in [-0.39, 0.29) is 18.9 Å². The number of ether oxygens (including phenoxy) is 2. The van der Waals surface area contributed by atoms with Crippen molar-refractivity contribution in [3.05, 3.63) is 58.1 Å². The summed E-state index contributed by atoms with van der Waals surface area (Å²) in [7, 11) is 0. The van der Waals surface area contributed by atoms with Crippen LogP contribution < -0.4 is 14.8 Å². The largest absolute Gasteiger partial charge is 0.491 e. The Labute approximate surface area is 175 Å². The summed E-state index contributed by atoms with van der Waals surface area (Å²) in [6, 6.07) is 9.59. The first-order valence-corrected chi connectivity index (χ1v) is 9.54. The fourth-order valence-corrected chi connectivity index (χ4v) is 2.89. The molecule has 29 heavy (non-hydrogen) atoms. The second-order valence-corrected chi connectivity index (χ2v) is 7.28. The smallest absolute Gasteiger partial charge is 0.416 e. The van der Waals surface area contributed by atoms with Gasteiger partial charge < -0.3 is 19.9 Å². The third-order valence-corrected chi connectivity index (χ3v) is 4.52. The van der Waals surface area contributed by atoms with Crippen LogP contribution in [0.5, 0.6) is 11.5 Å². The quantitative estimate of drug-likeness (QED) is 0.603.